The average Bonchev–Trinajstić information content (AvgIpc) is 2.82. The van der Waals surface area contributed by atoms with Crippen LogP contribution in [0.3, 0.4) is 0 Å². The standard InChI is InChI=1S/C25H19N3O5/c29-25-20(14-18-6-10-23(11-7-18)27(30)31)16-26(22-4-2-1-3-5-22)17-21(25)15-19-8-12-24(13-9-19)28(32)33/h1-15H,16-17H2. The predicted molar refractivity (Wildman–Crippen MR) is 126 cm³/mol. The monoisotopic (exact) mass is 441 g/mol. The van der Waals surface area contributed by atoms with Gasteiger partial charge in [0.05, 0.1) is 9.85 Å². The Morgan fingerprint density at radius 1 is 0.667 bits per heavy atom. The second kappa shape index (κ2) is 9.27. The quantitative estimate of drug-likeness (QED) is 0.311. The number of para-hydroxylation sites is 1. The van der Waals surface area contributed by atoms with Gasteiger partial charge in [0.1, 0.15) is 0 Å². The molecule has 4 rings (SSSR count). The summed E-state index contributed by atoms with van der Waals surface area (Å²) in [4.78, 5) is 36.2. The van der Waals surface area contributed by atoms with Gasteiger partial charge in [-0.1, -0.05) is 18.2 Å². The van der Waals surface area contributed by atoms with Crippen LogP contribution in [0.25, 0.3) is 12.2 Å². The van der Waals surface area contributed by atoms with Crippen LogP contribution in [0, 0.1) is 20.2 Å². The molecule has 0 saturated carbocycles. The molecule has 8 heteroatoms. The van der Waals surface area contributed by atoms with E-state index in [9.17, 15) is 25.0 Å². The topological polar surface area (TPSA) is 107 Å². The molecule has 164 valence electrons. The summed E-state index contributed by atoms with van der Waals surface area (Å²) in [6.07, 6.45) is 3.48. The third-order valence-electron chi connectivity index (χ3n) is 5.32. The molecule has 0 spiro atoms. The molecule has 1 saturated heterocycles. The number of carbonyl (C=O) groups is 1. The SMILES string of the molecule is O=C1C(=Cc2ccc([N+](=O)[O-])cc2)CN(c2ccccc2)CC1=Cc1ccc([N+](=O)[O-])cc1. The van der Waals surface area contributed by atoms with Crippen molar-refractivity contribution in [3.8, 4) is 0 Å². The van der Waals surface area contributed by atoms with Gasteiger partial charge in [0.25, 0.3) is 11.4 Å². The Bertz CT molecular complexity index is 1180. The van der Waals surface area contributed by atoms with Crippen LogP contribution in [0.1, 0.15) is 11.1 Å². The van der Waals surface area contributed by atoms with Crippen molar-refractivity contribution in [3.05, 3.63) is 121 Å². The molecule has 33 heavy (non-hydrogen) atoms. The Labute approximate surface area is 189 Å². The minimum Gasteiger partial charge on any atom is -0.363 e. The molecule has 0 N–H and O–H groups in total. The molecule has 3 aromatic rings. The van der Waals surface area contributed by atoms with Crippen molar-refractivity contribution in [1.29, 1.82) is 0 Å². The molecule has 1 heterocycles. The fourth-order valence-corrected chi connectivity index (χ4v) is 3.65. The summed E-state index contributed by atoms with van der Waals surface area (Å²) in [5.74, 6) is -0.126. The summed E-state index contributed by atoms with van der Waals surface area (Å²) in [6.45, 7) is 0.773. The van der Waals surface area contributed by atoms with E-state index in [1.807, 2.05) is 30.3 Å². The van der Waals surface area contributed by atoms with Gasteiger partial charge in [0, 0.05) is 54.2 Å². The zero-order valence-electron chi connectivity index (χ0n) is 17.5. The summed E-state index contributed by atoms with van der Waals surface area (Å²) in [5.41, 5.74) is 3.39. The highest BCUT2D eigenvalue weighted by molar-refractivity contribution is 6.15. The van der Waals surface area contributed by atoms with Gasteiger partial charge in [0.2, 0.25) is 0 Å². The van der Waals surface area contributed by atoms with Gasteiger partial charge in [-0.15, -0.1) is 0 Å². The van der Waals surface area contributed by atoms with E-state index in [4.69, 9.17) is 0 Å². The molecule has 0 bridgehead atoms. The second-order valence-electron chi connectivity index (χ2n) is 7.56. The minimum absolute atomic E-state index is 0.0169. The minimum atomic E-state index is -0.467. The zero-order chi connectivity index (χ0) is 23.4. The van der Waals surface area contributed by atoms with Gasteiger partial charge < -0.3 is 4.90 Å². The number of anilines is 1. The summed E-state index contributed by atoms with van der Waals surface area (Å²) in [5, 5.41) is 21.8. The predicted octanol–water partition coefficient (Wildman–Crippen LogP) is 5.06. The van der Waals surface area contributed by atoms with E-state index >= 15 is 0 Å². The molecule has 0 aromatic heterocycles. The number of hydrogen-bond donors (Lipinski definition) is 0. The summed E-state index contributed by atoms with van der Waals surface area (Å²) < 4.78 is 0. The molecule has 1 fully saturated rings. The van der Waals surface area contributed by atoms with Crippen molar-refractivity contribution >= 4 is 35.0 Å². The maximum Gasteiger partial charge on any atom is 0.269 e. The molecule has 0 amide bonds. The van der Waals surface area contributed by atoms with E-state index < -0.39 is 9.85 Å². The first-order valence-electron chi connectivity index (χ1n) is 10.2. The van der Waals surface area contributed by atoms with Crippen LogP contribution in [0.15, 0.2) is 90.0 Å². The number of piperidine rings is 1. The van der Waals surface area contributed by atoms with Crippen LogP contribution in [0.4, 0.5) is 17.1 Å². The molecule has 0 unspecified atom stereocenters. The van der Waals surface area contributed by atoms with E-state index in [1.165, 1.54) is 24.3 Å². The molecule has 8 nitrogen and oxygen atoms in total. The molecule has 1 aliphatic rings. The summed E-state index contributed by atoms with van der Waals surface area (Å²) in [7, 11) is 0. The van der Waals surface area contributed by atoms with Gasteiger partial charge in [-0.3, -0.25) is 25.0 Å². The number of carbonyl (C=O) groups excluding carboxylic acids is 1. The smallest absolute Gasteiger partial charge is 0.269 e. The molecule has 1 aliphatic heterocycles. The van der Waals surface area contributed by atoms with E-state index in [1.54, 1.807) is 36.4 Å². The van der Waals surface area contributed by atoms with Crippen LogP contribution in [0.2, 0.25) is 0 Å². The van der Waals surface area contributed by atoms with Gasteiger partial charge in [0.15, 0.2) is 5.78 Å². The lowest BCUT2D eigenvalue weighted by Gasteiger charge is -2.31. The summed E-state index contributed by atoms with van der Waals surface area (Å²) in [6, 6.07) is 21.7. The zero-order valence-corrected chi connectivity index (χ0v) is 17.5. The number of ketones is 1. The van der Waals surface area contributed by atoms with Gasteiger partial charge in [-0.2, -0.15) is 0 Å². The maximum atomic E-state index is 13.3. The average molecular weight is 441 g/mol. The van der Waals surface area contributed by atoms with Crippen LogP contribution in [0.5, 0.6) is 0 Å². The Morgan fingerprint density at radius 3 is 1.48 bits per heavy atom. The van der Waals surface area contributed by atoms with E-state index in [0.29, 0.717) is 35.4 Å². The van der Waals surface area contributed by atoms with Crippen molar-refractivity contribution in [2.75, 3.05) is 18.0 Å². The number of nitro groups is 2. The fraction of sp³-hybridized carbons (Fsp3) is 0.0800. The van der Waals surface area contributed by atoms with E-state index in [-0.39, 0.29) is 17.2 Å². The molecule has 0 atom stereocenters. The lowest BCUT2D eigenvalue weighted by molar-refractivity contribution is -0.385. The first-order chi connectivity index (χ1) is 15.9. The number of nitrogens with zero attached hydrogens (tertiary/aromatic N) is 3. The Kier molecular flexibility index (Phi) is 6.08. The molecule has 0 radical (unpaired) electrons. The molecule has 3 aromatic carbocycles. The number of hydrogen-bond acceptors (Lipinski definition) is 6. The van der Waals surface area contributed by atoms with Crippen molar-refractivity contribution in [2.24, 2.45) is 0 Å². The van der Waals surface area contributed by atoms with Crippen LogP contribution >= 0.6 is 0 Å². The number of nitro benzene ring substituents is 2. The van der Waals surface area contributed by atoms with Crippen LogP contribution in [-0.2, 0) is 4.79 Å². The lowest BCUT2D eigenvalue weighted by atomic mass is 9.93. The third-order valence-corrected chi connectivity index (χ3v) is 5.32. The first-order valence-corrected chi connectivity index (χ1v) is 10.2. The molecule has 0 aliphatic carbocycles. The Balaban J connectivity index is 1.70. The fourth-order valence-electron chi connectivity index (χ4n) is 3.65. The van der Waals surface area contributed by atoms with Gasteiger partial charge in [-0.05, 0) is 59.7 Å². The lowest BCUT2D eigenvalue weighted by Crippen LogP contribution is -2.37. The Morgan fingerprint density at radius 2 is 1.09 bits per heavy atom. The number of Topliss-reactive ketones (excluding diaryl/α,β-unsaturated/α-hetero) is 1. The highest BCUT2D eigenvalue weighted by atomic mass is 16.6. The molecular formula is C25H19N3O5. The van der Waals surface area contributed by atoms with Gasteiger partial charge in [-0.25, -0.2) is 0 Å². The number of benzene rings is 3. The molecular weight excluding hydrogens is 422 g/mol. The third kappa shape index (κ3) is 5.01. The number of rotatable bonds is 5. The second-order valence-corrected chi connectivity index (χ2v) is 7.56. The van der Waals surface area contributed by atoms with E-state index in [0.717, 1.165) is 5.69 Å². The van der Waals surface area contributed by atoms with Crippen molar-refractivity contribution in [2.45, 2.75) is 0 Å². The van der Waals surface area contributed by atoms with Crippen molar-refractivity contribution in [1.82, 2.24) is 0 Å². The highest BCUT2D eigenvalue weighted by Gasteiger charge is 2.26. The van der Waals surface area contributed by atoms with Crippen molar-refractivity contribution in [3.63, 3.8) is 0 Å². The normalized spacial score (nSPS) is 16.2. The first kappa shape index (κ1) is 21.6. The van der Waals surface area contributed by atoms with E-state index in [2.05, 4.69) is 4.90 Å². The summed E-state index contributed by atoms with van der Waals surface area (Å²) >= 11 is 0. The van der Waals surface area contributed by atoms with Crippen LogP contribution < -0.4 is 4.90 Å². The largest absolute Gasteiger partial charge is 0.363 e. The Hall–Kier alpha value is -4.59. The number of non-ortho nitro benzene ring substituents is 2. The van der Waals surface area contributed by atoms with Crippen LogP contribution in [-0.4, -0.2) is 28.7 Å². The maximum absolute atomic E-state index is 13.3. The van der Waals surface area contributed by atoms with Gasteiger partial charge >= 0.3 is 0 Å². The highest BCUT2D eigenvalue weighted by Crippen LogP contribution is 2.27. The van der Waals surface area contributed by atoms with Crippen molar-refractivity contribution < 1.29 is 14.6 Å².